The third-order valence-electron chi connectivity index (χ3n) is 2.57. The summed E-state index contributed by atoms with van der Waals surface area (Å²) in [5.41, 5.74) is -2.68. The van der Waals surface area contributed by atoms with Gasteiger partial charge in [0.2, 0.25) is 17.5 Å². The molecule has 0 saturated carbocycles. The van der Waals surface area contributed by atoms with E-state index in [2.05, 4.69) is 0 Å². The molecule has 2 rings (SSSR count). The molecule has 2 aromatic rings. The normalized spacial score (nSPS) is 10.9. The van der Waals surface area contributed by atoms with Gasteiger partial charge in [-0.25, -0.2) is 13.2 Å². The Hall–Kier alpha value is -2.38. The average molecular weight is 294 g/mol. The minimum absolute atomic E-state index is 0.533. The molecule has 0 heterocycles. The van der Waals surface area contributed by atoms with Crippen LogP contribution in [0.1, 0.15) is 0 Å². The number of hydrogen-bond acceptors (Lipinski definition) is 2. The molecule has 8 heteroatoms. The molecule has 0 amide bonds. The van der Waals surface area contributed by atoms with Gasteiger partial charge in [-0.3, -0.25) is 0 Å². The minimum Gasteiger partial charge on any atom is -0.505 e. The molecule has 2 nitrogen and oxygen atoms in total. The van der Waals surface area contributed by atoms with E-state index in [1.54, 1.807) is 0 Å². The number of halogens is 6. The van der Waals surface area contributed by atoms with Crippen LogP contribution in [0.2, 0.25) is 0 Å². The monoisotopic (exact) mass is 294 g/mol. The predicted molar refractivity (Wildman–Crippen MR) is 55.0 cm³/mol. The molecule has 0 aliphatic heterocycles. The molecular weight excluding hydrogens is 290 g/mol. The van der Waals surface area contributed by atoms with E-state index in [-0.39, 0.29) is 0 Å². The summed E-state index contributed by atoms with van der Waals surface area (Å²) in [6.07, 6.45) is 0. The Balaban J connectivity index is 2.87. The van der Waals surface area contributed by atoms with Gasteiger partial charge in [-0.1, -0.05) is 0 Å². The standard InChI is InChI=1S/C12H4F6O2/c13-6-3(1-2-4(19)7(6)14)5-8(15)10(17)12(20)11(18)9(5)16/h1-2,19-20H. The lowest BCUT2D eigenvalue weighted by atomic mass is 10.0. The fraction of sp³-hybridized carbons (Fsp3) is 0. The molecule has 0 bridgehead atoms. The van der Waals surface area contributed by atoms with Crippen molar-refractivity contribution in [3.63, 3.8) is 0 Å². The Bertz CT molecular complexity index is 685. The Kier molecular flexibility index (Phi) is 3.24. The largest absolute Gasteiger partial charge is 0.505 e. The van der Waals surface area contributed by atoms with E-state index in [1.165, 1.54) is 0 Å². The van der Waals surface area contributed by atoms with Crippen molar-refractivity contribution in [2.24, 2.45) is 0 Å². The van der Waals surface area contributed by atoms with Crippen LogP contribution in [0.3, 0.4) is 0 Å². The summed E-state index contributed by atoms with van der Waals surface area (Å²) in [6.45, 7) is 0. The van der Waals surface area contributed by atoms with Gasteiger partial charge in [-0.2, -0.15) is 13.2 Å². The van der Waals surface area contributed by atoms with E-state index in [0.29, 0.717) is 12.1 Å². The quantitative estimate of drug-likeness (QED) is 0.623. The Labute approximate surface area is 107 Å². The summed E-state index contributed by atoms with van der Waals surface area (Å²) < 4.78 is 79.9. The zero-order valence-corrected chi connectivity index (χ0v) is 9.32. The lowest BCUT2D eigenvalue weighted by Gasteiger charge is -2.10. The van der Waals surface area contributed by atoms with Crippen LogP contribution in [0.25, 0.3) is 11.1 Å². The van der Waals surface area contributed by atoms with E-state index >= 15 is 0 Å². The van der Waals surface area contributed by atoms with E-state index in [0.717, 1.165) is 0 Å². The number of phenolic OH excluding ortho intramolecular Hbond substituents is 2. The molecule has 0 unspecified atom stereocenters. The maximum atomic E-state index is 13.5. The highest BCUT2D eigenvalue weighted by Crippen LogP contribution is 2.37. The summed E-state index contributed by atoms with van der Waals surface area (Å²) >= 11 is 0. The molecule has 2 N–H and O–H groups in total. The Morgan fingerprint density at radius 1 is 0.600 bits per heavy atom. The second-order valence-corrected chi connectivity index (χ2v) is 3.74. The molecule has 0 radical (unpaired) electrons. The number of rotatable bonds is 1. The van der Waals surface area contributed by atoms with E-state index in [9.17, 15) is 26.3 Å². The topological polar surface area (TPSA) is 40.5 Å². The van der Waals surface area contributed by atoms with E-state index < -0.39 is 57.5 Å². The zero-order valence-electron chi connectivity index (χ0n) is 9.32. The lowest BCUT2D eigenvalue weighted by molar-refractivity contribution is 0.358. The zero-order chi connectivity index (χ0) is 15.2. The van der Waals surface area contributed by atoms with Crippen LogP contribution < -0.4 is 0 Å². The van der Waals surface area contributed by atoms with Crippen molar-refractivity contribution >= 4 is 0 Å². The third kappa shape index (κ3) is 1.84. The maximum Gasteiger partial charge on any atom is 0.204 e. The van der Waals surface area contributed by atoms with Crippen molar-refractivity contribution in [1.82, 2.24) is 0 Å². The highest BCUT2D eigenvalue weighted by atomic mass is 19.2. The van der Waals surface area contributed by atoms with Gasteiger partial charge in [0.1, 0.15) is 0 Å². The molecule has 0 saturated heterocycles. The van der Waals surface area contributed by atoms with E-state index in [1.807, 2.05) is 0 Å². The molecule has 0 aliphatic carbocycles. The van der Waals surface area contributed by atoms with Gasteiger partial charge in [0, 0.05) is 5.56 Å². The van der Waals surface area contributed by atoms with Gasteiger partial charge in [0.25, 0.3) is 0 Å². The lowest BCUT2D eigenvalue weighted by Crippen LogP contribution is -2.02. The Morgan fingerprint density at radius 2 is 1.10 bits per heavy atom. The van der Waals surface area contributed by atoms with Crippen LogP contribution in [-0.2, 0) is 0 Å². The first-order valence-electron chi connectivity index (χ1n) is 4.99. The van der Waals surface area contributed by atoms with Crippen LogP contribution in [0, 0.1) is 34.9 Å². The molecule has 0 aromatic heterocycles. The fourth-order valence-electron chi connectivity index (χ4n) is 1.59. The van der Waals surface area contributed by atoms with Crippen LogP contribution in [-0.4, -0.2) is 10.2 Å². The summed E-state index contributed by atoms with van der Waals surface area (Å²) in [7, 11) is 0. The average Bonchev–Trinajstić information content (AvgIpc) is 2.43. The minimum atomic E-state index is -2.15. The summed E-state index contributed by atoms with van der Waals surface area (Å²) in [4.78, 5) is 0. The van der Waals surface area contributed by atoms with Crippen LogP contribution in [0.5, 0.6) is 11.5 Å². The smallest absolute Gasteiger partial charge is 0.204 e. The number of benzene rings is 2. The molecule has 2 aromatic carbocycles. The first kappa shape index (κ1) is 14.0. The molecular formula is C12H4F6O2. The molecule has 0 spiro atoms. The van der Waals surface area contributed by atoms with Gasteiger partial charge in [-0.05, 0) is 12.1 Å². The highest BCUT2D eigenvalue weighted by molar-refractivity contribution is 5.68. The van der Waals surface area contributed by atoms with Gasteiger partial charge < -0.3 is 10.2 Å². The SMILES string of the molecule is Oc1ccc(-c2c(F)c(F)c(O)c(F)c2F)c(F)c1F. The Morgan fingerprint density at radius 3 is 1.60 bits per heavy atom. The first-order chi connectivity index (χ1) is 9.27. The van der Waals surface area contributed by atoms with Crippen LogP contribution in [0.4, 0.5) is 26.3 Å². The fourth-order valence-corrected chi connectivity index (χ4v) is 1.59. The highest BCUT2D eigenvalue weighted by Gasteiger charge is 2.28. The van der Waals surface area contributed by atoms with E-state index in [4.69, 9.17) is 10.2 Å². The predicted octanol–water partition coefficient (Wildman–Crippen LogP) is 3.60. The van der Waals surface area contributed by atoms with Gasteiger partial charge in [0.15, 0.2) is 29.0 Å². The molecule has 0 atom stereocenters. The number of aromatic hydroxyl groups is 2. The van der Waals surface area contributed by atoms with Crippen molar-refractivity contribution in [1.29, 1.82) is 0 Å². The van der Waals surface area contributed by atoms with Crippen molar-refractivity contribution in [3.8, 4) is 22.6 Å². The molecule has 0 fully saturated rings. The van der Waals surface area contributed by atoms with Crippen molar-refractivity contribution in [3.05, 3.63) is 47.0 Å². The summed E-state index contributed by atoms with van der Waals surface area (Å²) in [6, 6.07) is 1.08. The van der Waals surface area contributed by atoms with Crippen molar-refractivity contribution < 1.29 is 36.6 Å². The molecule has 20 heavy (non-hydrogen) atoms. The first-order valence-corrected chi connectivity index (χ1v) is 4.99. The van der Waals surface area contributed by atoms with Crippen LogP contribution in [0.15, 0.2) is 12.1 Å². The summed E-state index contributed by atoms with van der Waals surface area (Å²) in [5, 5.41) is 17.6. The van der Waals surface area contributed by atoms with Gasteiger partial charge in [-0.15, -0.1) is 0 Å². The molecule has 0 aliphatic rings. The van der Waals surface area contributed by atoms with Crippen molar-refractivity contribution in [2.75, 3.05) is 0 Å². The number of hydrogen-bond donors (Lipinski definition) is 2. The van der Waals surface area contributed by atoms with Gasteiger partial charge >= 0.3 is 0 Å². The van der Waals surface area contributed by atoms with Crippen molar-refractivity contribution in [2.45, 2.75) is 0 Å². The maximum absolute atomic E-state index is 13.5. The third-order valence-corrected chi connectivity index (χ3v) is 2.57. The number of phenols is 2. The van der Waals surface area contributed by atoms with Crippen LogP contribution >= 0.6 is 0 Å². The van der Waals surface area contributed by atoms with Gasteiger partial charge in [0.05, 0.1) is 5.56 Å². The second kappa shape index (κ2) is 4.62. The summed E-state index contributed by atoms with van der Waals surface area (Å²) in [5.74, 6) is -15.3. The molecule has 106 valence electrons. The second-order valence-electron chi connectivity index (χ2n) is 3.74.